The van der Waals surface area contributed by atoms with Crippen molar-refractivity contribution in [1.82, 2.24) is 9.80 Å². The first kappa shape index (κ1) is 17.0. The largest absolute Gasteiger partial charge is 0.396 e. The third-order valence-corrected chi connectivity index (χ3v) is 4.94. The summed E-state index contributed by atoms with van der Waals surface area (Å²) in [6, 6.07) is 0. The average molecular weight is 308 g/mol. The highest BCUT2D eigenvalue weighted by Crippen LogP contribution is 2.33. The molecule has 0 aromatic heterocycles. The van der Waals surface area contributed by atoms with Crippen LogP contribution in [0, 0.1) is 5.41 Å². The number of likely N-dealkylation sites (tertiary alicyclic amines) is 2. The summed E-state index contributed by atoms with van der Waals surface area (Å²) in [6.45, 7) is 6.52. The van der Waals surface area contributed by atoms with Crippen LogP contribution in [0.5, 0.6) is 0 Å². The van der Waals surface area contributed by atoms with Crippen LogP contribution >= 0.6 is 0 Å². The molecule has 5 heteroatoms. The van der Waals surface area contributed by atoms with E-state index < -0.39 is 0 Å². The van der Waals surface area contributed by atoms with Crippen LogP contribution < -0.4 is 0 Å². The molecule has 1 atom stereocenters. The molecule has 0 aliphatic carbocycles. The van der Waals surface area contributed by atoms with Crippen molar-refractivity contribution in [2.45, 2.75) is 44.9 Å². The summed E-state index contributed by atoms with van der Waals surface area (Å²) in [4.78, 5) is 27.9. The van der Waals surface area contributed by atoms with E-state index in [9.17, 15) is 14.7 Å². The topological polar surface area (TPSA) is 60.9 Å². The molecule has 2 rings (SSSR count). The van der Waals surface area contributed by atoms with Crippen molar-refractivity contribution < 1.29 is 14.7 Å². The third kappa shape index (κ3) is 4.09. The molecule has 0 bridgehead atoms. The maximum atomic E-state index is 12.4. The zero-order chi connectivity index (χ0) is 16.0. The van der Waals surface area contributed by atoms with Gasteiger partial charge in [-0.2, -0.15) is 0 Å². The van der Waals surface area contributed by atoms with Crippen molar-refractivity contribution >= 4 is 11.8 Å². The van der Waals surface area contributed by atoms with Crippen molar-refractivity contribution in [3.05, 3.63) is 12.7 Å². The van der Waals surface area contributed by atoms with E-state index in [0.29, 0.717) is 25.9 Å². The highest BCUT2D eigenvalue weighted by atomic mass is 16.3. The maximum Gasteiger partial charge on any atom is 0.224 e. The molecule has 2 fully saturated rings. The van der Waals surface area contributed by atoms with Crippen molar-refractivity contribution in [3.63, 3.8) is 0 Å². The number of aliphatic hydroxyl groups is 1. The molecule has 2 saturated heterocycles. The Morgan fingerprint density at radius 2 is 2.14 bits per heavy atom. The molecule has 124 valence electrons. The van der Waals surface area contributed by atoms with Crippen LogP contribution in [0.4, 0.5) is 0 Å². The molecule has 0 aromatic carbocycles. The summed E-state index contributed by atoms with van der Waals surface area (Å²) in [5, 5.41) is 9.70. The van der Waals surface area contributed by atoms with Crippen LogP contribution in [-0.4, -0.2) is 59.5 Å². The highest BCUT2D eigenvalue weighted by molar-refractivity contribution is 5.79. The summed E-state index contributed by atoms with van der Waals surface area (Å²) < 4.78 is 0. The van der Waals surface area contributed by atoms with E-state index in [1.807, 2.05) is 15.9 Å². The molecule has 0 unspecified atom stereocenters. The van der Waals surface area contributed by atoms with E-state index in [4.69, 9.17) is 0 Å². The number of nitrogens with zero attached hydrogens (tertiary/aromatic N) is 2. The molecule has 22 heavy (non-hydrogen) atoms. The molecule has 0 saturated carbocycles. The van der Waals surface area contributed by atoms with E-state index in [-0.39, 0.29) is 23.8 Å². The van der Waals surface area contributed by atoms with Crippen molar-refractivity contribution in [2.24, 2.45) is 5.41 Å². The van der Waals surface area contributed by atoms with Crippen molar-refractivity contribution in [3.8, 4) is 0 Å². The molecule has 2 aliphatic heterocycles. The van der Waals surface area contributed by atoms with Gasteiger partial charge in [0.15, 0.2) is 0 Å². The van der Waals surface area contributed by atoms with Crippen molar-refractivity contribution in [2.75, 3.05) is 32.8 Å². The van der Waals surface area contributed by atoms with E-state index in [1.165, 1.54) is 0 Å². The fourth-order valence-electron chi connectivity index (χ4n) is 3.57. The number of piperidine rings is 2. The monoisotopic (exact) mass is 308 g/mol. The standard InChI is InChI=1S/C17H28N2O3/c1-2-8-17(14-20)9-5-11-19(13-17)16(22)7-12-18-10-4-3-6-15(18)21/h2,20H,1,3-14H2/t17-/m1/s1. The number of allylic oxidation sites excluding steroid dienone is 1. The Morgan fingerprint density at radius 1 is 1.32 bits per heavy atom. The molecule has 0 spiro atoms. The number of amides is 2. The Labute approximate surface area is 133 Å². The first-order valence-electron chi connectivity index (χ1n) is 8.37. The molecule has 1 N–H and O–H groups in total. The first-order chi connectivity index (χ1) is 10.6. The van der Waals surface area contributed by atoms with Gasteiger partial charge < -0.3 is 14.9 Å². The van der Waals surface area contributed by atoms with Crippen LogP contribution in [0.3, 0.4) is 0 Å². The minimum atomic E-state index is -0.226. The second kappa shape index (κ2) is 7.77. The summed E-state index contributed by atoms with van der Waals surface area (Å²) in [5.41, 5.74) is -0.226. The molecule has 0 radical (unpaired) electrons. The van der Waals surface area contributed by atoms with Gasteiger partial charge in [0.2, 0.25) is 11.8 Å². The number of hydrogen-bond donors (Lipinski definition) is 1. The lowest BCUT2D eigenvalue weighted by atomic mass is 9.78. The van der Waals surface area contributed by atoms with E-state index >= 15 is 0 Å². The predicted octanol–water partition coefficient (Wildman–Crippen LogP) is 1.57. The Kier molecular flexibility index (Phi) is 6.00. The van der Waals surface area contributed by atoms with Crippen molar-refractivity contribution in [1.29, 1.82) is 0 Å². The molecular weight excluding hydrogens is 280 g/mol. The maximum absolute atomic E-state index is 12.4. The zero-order valence-corrected chi connectivity index (χ0v) is 13.4. The van der Waals surface area contributed by atoms with Gasteiger partial charge in [-0.05, 0) is 32.1 Å². The molecule has 0 aromatic rings. The second-order valence-corrected chi connectivity index (χ2v) is 6.66. The smallest absolute Gasteiger partial charge is 0.224 e. The minimum absolute atomic E-state index is 0.0907. The first-order valence-corrected chi connectivity index (χ1v) is 8.37. The minimum Gasteiger partial charge on any atom is -0.396 e. The lowest BCUT2D eigenvalue weighted by Crippen LogP contribution is -2.48. The molecule has 2 amide bonds. The summed E-state index contributed by atoms with van der Waals surface area (Å²) in [5.74, 6) is 0.272. The summed E-state index contributed by atoms with van der Waals surface area (Å²) in [6.07, 6.45) is 7.43. The second-order valence-electron chi connectivity index (χ2n) is 6.66. The Bertz CT molecular complexity index is 424. The SMILES string of the molecule is C=CC[C@@]1(CO)CCCN(C(=O)CCN2CCCCC2=O)C1. The quantitative estimate of drug-likeness (QED) is 0.758. The van der Waals surface area contributed by atoms with Gasteiger partial charge in [-0.25, -0.2) is 0 Å². The number of carbonyl (C=O) groups is 2. The van der Waals surface area contributed by atoms with Gasteiger partial charge in [-0.15, -0.1) is 6.58 Å². The number of aliphatic hydroxyl groups excluding tert-OH is 1. The average Bonchev–Trinajstić information content (AvgIpc) is 2.54. The fourth-order valence-corrected chi connectivity index (χ4v) is 3.57. The molecule has 5 nitrogen and oxygen atoms in total. The predicted molar refractivity (Wildman–Crippen MR) is 85.2 cm³/mol. The third-order valence-electron chi connectivity index (χ3n) is 4.94. The normalized spacial score (nSPS) is 26.1. The summed E-state index contributed by atoms with van der Waals surface area (Å²) in [7, 11) is 0. The Morgan fingerprint density at radius 3 is 2.82 bits per heavy atom. The van der Waals surface area contributed by atoms with Crippen LogP contribution in [0.2, 0.25) is 0 Å². The fraction of sp³-hybridized carbons (Fsp3) is 0.765. The highest BCUT2D eigenvalue weighted by Gasteiger charge is 2.35. The van der Waals surface area contributed by atoms with Gasteiger partial charge in [0.25, 0.3) is 0 Å². The van der Waals surface area contributed by atoms with Crippen LogP contribution in [0.15, 0.2) is 12.7 Å². The van der Waals surface area contributed by atoms with Gasteiger partial charge in [0, 0.05) is 44.4 Å². The van der Waals surface area contributed by atoms with Crippen LogP contribution in [-0.2, 0) is 9.59 Å². The molecule has 2 heterocycles. The lowest BCUT2D eigenvalue weighted by Gasteiger charge is -2.41. The van der Waals surface area contributed by atoms with E-state index in [0.717, 1.165) is 45.2 Å². The van der Waals surface area contributed by atoms with E-state index in [2.05, 4.69) is 6.58 Å². The number of hydrogen-bond acceptors (Lipinski definition) is 3. The molecular formula is C17H28N2O3. The lowest BCUT2D eigenvalue weighted by molar-refractivity contribution is -0.138. The summed E-state index contributed by atoms with van der Waals surface area (Å²) >= 11 is 0. The van der Waals surface area contributed by atoms with Gasteiger partial charge in [0.1, 0.15) is 0 Å². The van der Waals surface area contributed by atoms with Crippen LogP contribution in [0.25, 0.3) is 0 Å². The zero-order valence-electron chi connectivity index (χ0n) is 13.4. The van der Waals surface area contributed by atoms with E-state index in [1.54, 1.807) is 0 Å². The van der Waals surface area contributed by atoms with Crippen LogP contribution in [0.1, 0.15) is 44.9 Å². The van der Waals surface area contributed by atoms with Gasteiger partial charge >= 0.3 is 0 Å². The van der Waals surface area contributed by atoms with Gasteiger partial charge in [-0.1, -0.05) is 6.08 Å². The van der Waals surface area contributed by atoms with Gasteiger partial charge in [-0.3, -0.25) is 9.59 Å². The van der Waals surface area contributed by atoms with Gasteiger partial charge in [0.05, 0.1) is 6.61 Å². The molecule has 2 aliphatic rings. The number of rotatable bonds is 6. The Balaban J connectivity index is 1.86. The Hall–Kier alpha value is -1.36. The number of carbonyl (C=O) groups excluding carboxylic acids is 2.